The predicted molar refractivity (Wildman–Crippen MR) is 61.3 cm³/mol. The second kappa shape index (κ2) is 4.39. The van der Waals surface area contributed by atoms with Crippen LogP contribution in [0.4, 0.5) is 0 Å². The van der Waals surface area contributed by atoms with E-state index in [9.17, 15) is 0 Å². The van der Waals surface area contributed by atoms with Crippen LogP contribution in [0.25, 0.3) is 0 Å². The number of hydrogen-bond acceptors (Lipinski definition) is 3. The molecular weight excluding hydrogens is 212 g/mol. The monoisotopic (exact) mass is 226 g/mol. The molecule has 0 saturated carbocycles. The Bertz CT molecular complexity index is 354. The summed E-state index contributed by atoms with van der Waals surface area (Å²) in [6.45, 7) is 0.819. The van der Waals surface area contributed by atoms with Gasteiger partial charge in [0.15, 0.2) is 0 Å². The van der Waals surface area contributed by atoms with Crippen LogP contribution in [-0.2, 0) is 6.42 Å². The van der Waals surface area contributed by atoms with Crippen molar-refractivity contribution in [1.82, 2.24) is 10.4 Å². The lowest BCUT2D eigenvalue weighted by Gasteiger charge is -2.16. The molecule has 1 heterocycles. The lowest BCUT2D eigenvalue weighted by atomic mass is 10.1. The van der Waals surface area contributed by atoms with Crippen molar-refractivity contribution in [3.63, 3.8) is 0 Å². The lowest BCUT2D eigenvalue weighted by molar-refractivity contribution is 0.181. The first-order valence-corrected chi connectivity index (χ1v) is 5.39. The van der Waals surface area contributed by atoms with Crippen LogP contribution in [0.15, 0.2) is 18.2 Å². The van der Waals surface area contributed by atoms with Gasteiger partial charge in [0.25, 0.3) is 0 Å². The van der Waals surface area contributed by atoms with Gasteiger partial charge in [-0.2, -0.15) is 0 Å². The Hall–Kier alpha value is -0.770. The molecule has 1 atom stereocenters. The molecule has 1 unspecified atom stereocenters. The topological polar surface area (TPSA) is 24.5 Å². The molecule has 1 N–H and O–H groups in total. The molecule has 0 radical (unpaired) electrons. The van der Waals surface area contributed by atoms with Gasteiger partial charge in [-0.1, -0.05) is 11.6 Å². The predicted octanol–water partition coefficient (Wildman–Crippen LogP) is 1.71. The minimum Gasteiger partial charge on any atom is -0.488 e. The van der Waals surface area contributed by atoms with Crippen molar-refractivity contribution in [3.05, 3.63) is 28.8 Å². The molecule has 0 fully saturated rings. The summed E-state index contributed by atoms with van der Waals surface area (Å²) >= 11 is 5.92. The van der Waals surface area contributed by atoms with Gasteiger partial charge in [0.1, 0.15) is 11.9 Å². The molecule has 0 saturated heterocycles. The molecule has 0 amide bonds. The second-order valence-corrected chi connectivity index (χ2v) is 4.39. The molecule has 4 heteroatoms. The van der Waals surface area contributed by atoms with Crippen LogP contribution in [0.5, 0.6) is 5.75 Å². The minimum absolute atomic E-state index is 0.209. The molecule has 0 aromatic heterocycles. The SMILES string of the molecule is CN(C)NCC1Cc2cc(Cl)ccc2O1. The molecule has 1 aliphatic rings. The Kier molecular flexibility index (Phi) is 3.14. The maximum atomic E-state index is 5.92. The van der Waals surface area contributed by atoms with Gasteiger partial charge < -0.3 is 4.74 Å². The zero-order valence-electron chi connectivity index (χ0n) is 8.96. The van der Waals surface area contributed by atoms with E-state index in [1.54, 1.807) is 0 Å². The number of nitrogens with one attached hydrogen (secondary N) is 1. The third kappa shape index (κ3) is 2.62. The first kappa shape index (κ1) is 10.7. The van der Waals surface area contributed by atoms with Crippen LogP contribution < -0.4 is 10.2 Å². The first-order chi connectivity index (χ1) is 7.15. The van der Waals surface area contributed by atoms with Gasteiger partial charge in [-0.25, -0.2) is 0 Å². The summed E-state index contributed by atoms with van der Waals surface area (Å²) in [7, 11) is 3.94. The van der Waals surface area contributed by atoms with E-state index in [0.29, 0.717) is 0 Å². The van der Waals surface area contributed by atoms with Crippen molar-refractivity contribution in [2.24, 2.45) is 0 Å². The Balaban J connectivity index is 1.97. The molecule has 15 heavy (non-hydrogen) atoms. The Labute approximate surface area is 94.9 Å². The fourth-order valence-corrected chi connectivity index (χ4v) is 1.88. The van der Waals surface area contributed by atoms with Crippen molar-refractivity contribution >= 4 is 11.6 Å². The number of fused-ring (bicyclic) bond motifs is 1. The van der Waals surface area contributed by atoms with E-state index in [-0.39, 0.29) is 6.10 Å². The summed E-state index contributed by atoms with van der Waals surface area (Å²) in [6.07, 6.45) is 1.14. The van der Waals surface area contributed by atoms with E-state index in [2.05, 4.69) is 5.43 Å². The molecule has 3 nitrogen and oxygen atoms in total. The Morgan fingerprint density at radius 1 is 1.53 bits per heavy atom. The summed E-state index contributed by atoms with van der Waals surface area (Å²) < 4.78 is 5.76. The molecular formula is C11H15ClN2O. The largest absolute Gasteiger partial charge is 0.488 e. The number of halogens is 1. The number of ether oxygens (including phenoxy) is 1. The average molecular weight is 227 g/mol. The maximum absolute atomic E-state index is 5.92. The maximum Gasteiger partial charge on any atom is 0.123 e. The van der Waals surface area contributed by atoms with Crippen molar-refractivity contribution in [2.45, 2.75) is 12.5 Å². The normalized spacial score (nSPS) is 19.1. The lowest BCUT2D eigenvalue weighted by Crippen LogP contribution is -2.38. The molecule has 82 valence electrons. The first-order valence-electron chi connectivity index (χ1n) is 5.01. The van der Waals surface area contributed by atoms with E-state index in [1.165, 1.54) is 5.56 Å². The molecule has 1 aromatic carbocycles. The standard InChI is InChI=1S/C11H15ClN2O/c1-14(2)13-7-10-6-8-5-9(12)3-4-11(8)15-10/h3-5,10,13H,6-7H2,1-2H3. The van der Waals surface area contributed by atoms with Crippen LogP contribution >= 0.6 is 11.6 Å². The van der Waals surface area contributed by atoms with E-state index < -0.39 is 0 Å². The molecule has 1 aliphatic heterocycles. The fourth-order valence-electron chi connectivity index (χ4n) is 1.69. The van der Waals surface area contributed by atoms with Gasteiger partial charge in [0, 0.05) is 32.1 Å². The Morgan fingerprint density at radius 2 is 2.33 bits per heavy atom. The van der Waals surface area contributed by atoms with Gasteiger partial charge in [-0.05, 0) is 23.8 Å². The van der Waals surface area contributed by atoms with Crippen molar-refractivity contribution in [1.29, 1.82) is 0 Å². The summed E-state index contributed by atoms with van der Waals surface area (Å²) in [5, 5.41) is 2.71. The number of nitrogens with zero attached hydrogens (tertiary/aromatic N) is 1. The highest BCUT2D eigenvalue weighted by Crippen LogP contribution is 2.30. The highest BCUT2D eigenvalue weighted by molar-refractivity contribution is 6.30. The zero-order chi connectivity index (χ0) is 10.8. The van der Waals surface area contributed by atoms with Gasteiger partial charge in [0.2, 0.25) is 0 Å². The third-order valence-corrected chi connectivity index (χ3v) is 2.63. The summed E-state index contributed by atoms with van der Waals surface area (Å²) in [4.78, 5) is 0. The molecule has 0 aliphatic carbocycles. The second-order valence-electron chi connectivity index (χ2n) is 3.95. The highest BCUT2D eigenvalue weighted by Gasteiger charge is 2.22. The van der Waals surface area contributed by atoms with Crippen molar-refractivity contribution < 1.29 is 4.74 Å². The quantitative estimate of drug-likeness (QED) is 0.795. The number of hydrazine groups is 1. The number of hydrogen-bond donors (Lipinski definition) is 1. The Morgan fingerprint density at radius 3 is 3.07 bits per heavy atom. The van der Waals surface area contributed by atoms with Crippen LogP contribution in [0.1, 0.15) is 5.56 Å². The third-order valence-electron chi connectivity index (χ3n) is 2.40. The van der Waals surface area contributed by atoms with E-state index >= 15 is 0 Å². The fraction of sp³-hybridized carbons (Fsp3) is 0.455. The van der Waals surface area contributed by atoms with E-state index in [4.69, 9.17) is 16.3 Å². The van der Waals surface area contributed by atoms with E-state index in [1.807, 2.05) is 37.3 Å². The summed E-state index contributed by atoms with van der Waals surface area (Å²) in [5.41, 5.74) is 4.41. The molecule has 1 aromatic rings. The van der Waals surface area contributed by atoms with Gasteiger partial charge in [-0.3, -0.25) is 10.4 Å². The zero-order valence-corrected chi connectivity index (χ0v) is 9.71. The highest BCUT2D eigenvalue weighted by atomic mass is 35.5. The van der Waals surface area contributed by atoms with Gasteiger partial charge >= 0.3 is 0 Å². The molecule has 0 spiro atoms. The van der Waals surface area contributed by atoms with Crippen LogP contribution in [0, 0.1) is 0 Å². The molecule has 2 rings (SSSR count). The van der Waals surface area contributed by atoms with Crippen LogP contribution in [0.3, 0.4) is 0 Å². The smallest absolute Gasteiger partial charge is 0.123 e. The van der Waals surface area contributed by atoms with Crippen LogP contribution in [0.2, 0.25) is 5.02 Å². The minimum atomic E-state index is 0.209. The van der Waals surface area contributed by atoms with Gasteiger partial charge in [-0.15, -0.1) is 0 Å². The van der Waals surface area contributed by atoms with E-state index in [0.717, 1.165) is 23.7 Å². The summed E-state index contributed by atoms with van der Waals surface area (Å²) in [5.74, 6) is 0.963. The molecule has 0 bridgehead atoms. The van der Waals surface area contributed by atoms with Crippen molar-refractivity contribution in [3.8, 4) is 5.75 Å². The van der Waals surface area contributed by atoms with Gasteiger partial charge in [0.05, 0.1) is 0 Å². The average Bonchev–Trinajstić information content (AvgIpc) is 2.56. The number of benzene rings is 1. The summed E-state index contributed by atoms with van der Waals surface area (Å²) in [6, 6.07) is 5.78. The number of rotatable bonds is 3. The van der Waals surface area contributed by atoms with Crippen LogP contribution in [-0.4, -0.2) is 31.8 Å². The van der Waals surface area contributed by atoms with Crippen molar-refractivity contribution in [2.75, 3.05) is 20.6 Å².